The van der Waals surface area contributed by atoms with Crippen molar-refractivity contribution in [3.8, 4) is 0 Å². The lowest BCUT2D eigenvalue weighted by molar-refractivity contribution is -0.142. The van der Waals surface area contributed by atoms with Crippen LogP contribution in [0.2, 0.25) is 0 Å². The molecule has 2 heterocycles. The monoisotopic (exact) mass is 1090 g/mol. The molecule has 30 heteroatoms. The number of hydrogen-bond donors (Lipinski definition) is 19. The number of nitrogens with two attached hydrogens (primary N) is 7. The molecule has 1 aromatic heterocycles. The van der Waals surface area contributed by atoms with Gasteiger partial charge in [0.2, 0.25) is 47.3 Å². The number of nitrogens with zero attached hydrogens (tertiary/aromatic N) is 2. The van der Waals surface area contributed by atoms with Crippen molar-refractivity contribution >= 4 is 59.1 Å². The van der Waals surface area contributed by atoms with E-state index in [1.165, 1.54) is 23.5 Å². The molecule has 1 fully saturated rings. The van der Waals surface area contributed by atoms with Crippen LogP contribution in [-0.4, -0.2) is 187 Å². The number of carbonyl (C=O) groups is 9. The lowest BCUT2D eigenvalue weighted by Crippen LogP contribution is -2.61. The lowest BCUT2D eigenvalue weighted by atomic mass is 10.0. The molecule has 0 saturated carbocycles. The normalized spacial score (nSPS) is 16.1. The maximum absolute atomic E-state index is 14.3. The number of likely N-dealkylation sites (tertiary alicyclic amines) is 1. The molecule has 0 spiro atoms. The number of aliphatic hydroxyl groups is 1. The molecule has 0 bridgehead atoms. The molecule has 77 heavy (non-hydrogen) atoms. The van der Waals surface area contributed by atoms with Gasteiger partial charge in [0.05, 0.1) is 25.0 Å². The first-order chi connectivity index (χ1) is 36.8. The summed E-state index contributed by atoms with van der Waals surface area (Å²) in [4.78, 5) is 130. The second-order valence-electron chi connectivity index (χ2n) is 18.6. The molecule has 0 unspecified atom stereocenters. The highest BCUT2D eigenvalue weighted by molar-refractivity contribution is 6.00. The highest BCUT2D eigenvalue weighted by atomic mass is 16.3. The first-order valence-electron chi connectivity index (χ1n) is 26.2. The zero-order valence-electron chi connectivity index (χ0n) is 44.2. The number of nitrogens with one attached hydrogen (secondary N) is 11. The van der Waals surface area contributed by atoms with Gasteiger partial charge in [-0.1, -0.05) is 12.5 Å². The number of aliphatic hydroxyl groups excluding tert-OH is 1. The third-order valence-corrected chi connectivity index (χ3v) is 12.4. The van der Waals surface area contributed by atoms with Crippen LogP contribution in [0.1, 0.15) is 95.6 Å². The number of imidazole rings is 1. The smallest absolute Gasteiger partial charge is 0.264 e. The van der Waals surface area contributed by atoms with Crippen molar-refractivity contribution < 1.29 is 48.3 Å². The molecule has 30 nitrogen and oxygen atoms in total. The van der Waals surface area contributed by atoms with E-state index in [-0.39, 0.29) is 82.7 Å². The molecule has 2 rings (SSSR count). The number of aromatic nitrogens is 2. The van der Waals surface area contributed by atoms with Gasteiger partial charge in [0.25, 0.3) is 5.91 Å². The van der Waals surface area contributed by atoms with Crippen LogP contribution in [0, 0.1) is 5.41 Å². The molecule has 1 aromatic rings. The van der Waals surface area contributed by atoms with Crippen molar-refractivity contribution in [2.45, 2.75) is 145 Å². The lowest BCUT2D eigenvalue weighted by Gasteiger charge is -2.30. The summed E-state index contributed by atoms with van der Waals surface area (Å²) in [6.07, 6.45) is 7.12. The SMILES string of the molecule is CNCCCC[C@H](NC(=O)[C@@H](NC(=O)[C@@H](N)CCCCN)[C@@H](O)CN)C(=O)NCC(=O)N[C@H](CCCN)C(=O)N1CCC[C@H]1C(=O)N[C@@H](Cc1cnc[nH]1)C(=O)N[C@@H](CCCCN)C(=O)N/C(=C\CCNC(=N)N)C(N)=O. The Balaban J connectivity index is 2.28. The fourth-order valence-corrected chi connectivity index (χ4v) is 8.16. The van der Waals surface area contributed by atoms with Gasteiger partial charge in [-0.25, -0.2) is 4.98 Å². The minimum absolute atomic E-state index is 0.0533. The van der Waals surface area contributed by atoms with Gasteiger partial charge in [-0.05, 0) is 117 Å². The third kappa shape index (κ3) is 24.8. The Hall–Kier alpha value is -6.83. The Bertz CT molecular complexity index is 2080. The summed E-state index contributed by atoms with van der Waals surface area (Å²) in [5.41, 5.74) is 39.8. The van der Waals surface area contributed by atoms with E-state index < -0.39 is 115 Å². The zero-order chi connectivity index (χ0) is 57.3. The molecule has 0 aromatic carbocycles. The summed E-state index contributed by atoms with van der Waals surface area (Å²) in [5.74, 6) is -7.34. The molecule has 1 saturated heterocycles. The van der Waals surface area contributed by atoms with E-state index in [2.05, 4.69) is 57.8 Å². The second kappa shape index (κ2) is 37.0. The summed E-state index contributed by atoms with van der Waals surface area (Å²) in [5, 5.41) is 41.5. The van der Waals surface area contributed by atoms with Gasteiger partial charge in [-0.3, -0.25) is 48.6 Å². The molecule has 434 valence electrons. The summed E-state index contributed by atoms with van der Waals surface area (Å²) >= 11 is 0. The Morgan fingerprint density at radius 1 is 0.753 bits per heavy atom. The molecule has 8 atom stereocenters. The van der Waals surface area contributed by atoms with E-state index in [9.17, 15) is 48.3 Å². The second-order valence-corrected chi connectivity index (χ2v) is 18.6. The first kappa shape index (κ1) is 66.3. The van der Waals surface area contributed by atoms with Gasteiger partial charge in [0.15, 0.2) is 5.96 Å². The molecule has 26 N–H and O–H groups in total. The van der Waals surface area contributed by atoms with E-state index >= 15 is 0 Å². The van der Waals surface area contributed by atoms with Gasteiger partial charge in [-0.15, -0.1) is 0 Å². The van der Waals surface area contributed by atoms with Crippen LogP contribution < -0.4 is 88.0 Å². The molecule has 1 aliphatic rings. The molecule has 9 amide bonds. The molecule has 0 radical (unpaired) electrons. The van der Waals surface area contributed by atoms with Gasteiger partial charge in [0.1, 0.15) is 41.9 Å². The van der Waals surface area contributed by atoms with E-state index in [0.29, 0.717) is 70.3 Å². The molecule has 1 aliphatic heterocycles. The van der Waals surface area contributed by atoms with Crippen LogP contribution in [-0.2, 0) is 49.6 Å². The minimum Gasteiger partial charge on any atom is -0.389 e. The van der Waals surface area contributed by atoms with Crippen LogP contribution in [0.15, 0.2) is 24.3 Å². The van der Waals surface area contributed by atoms with E-state index in [4.69, 9.17) is 45.5 Å². The largest absolute Gasteiger partial charge is 0.389 e. The van der Waals surface area contributed by atoms with Crippen molar-refractivity contribution in [1.29, 1.82) is 5.41 Å². The number of hydrogen-bond acceptors (Lipinski definition) is 18. The van der Waals surface area contributed by atoms with Crippen LogP contribution >= 0.6 is 0 Å². The summed E-state index contributed by atoms with van der Waals surface area (Å²) < 4.78 is 0. The molecular formula is C47H86N20O10. The Labute approximate surface area is 448 Å². The number of guanidine groups is 1. The van der Waals surface area contributed by atoms with Crippen molar-refractivity contribution in [3.63, 3.8) is 0 Å². The van der Waals surface area contributed by atoms with Crippen molar-refractivity contribution in [2.75, 3.05) is 59.4 Å². The summed E-state index contributed by atoms with van der Waals surface area (Å²) in [6, 6.07) is -8.69. The van der Waals surface area contributed by atoms with E-state index in [1.807, 2.05) is 0 Å². The quantitative estimate of drug-likeness (QED) is 0.0126. The maximum atomic E-state index is 14.3. The average molecular weight is 1090 g/mol. The number of primary amides is 1. The van der Waals surface area contributed by atoms with Gasteiger partial charge >= 0.3 is 0 Å². The van der Waals surface area contributed by atoms with E-state index in [0.717, 1.165) is 0 Å². The number of H-pyrrole nitrogens is 1. The Kier molecular flexibility index (Phi) is 31.9. The number of aromatic amines is 1. The number of rotatable bonds is 39. The topological polar surface area (TPSA) is 520 Å². The van der Waals surface area contributed by atoms with Gasteiger partial charge < -0.3 is 103 Å². The van der Waals surface area contributed by atoms with Gasteiger partial charge in [0, 0.05) is 37.9 Å². The van der Waals surface area contributed by atoms with Crippen molar-refractivity contribution in [1.82, 2.24) is 62.7 Å². The highest BCUT2D eigenvalue weighted by Crippen LogP contribution is 2.20. The predicted octanol–water partition coefficient (Wildman–Crippen LogP) is -7.12. The third-order valence-electron chi connectivity index (χ3n) is 12.4. The standard InChI is InChI=1S/C47H86N20O10/c1-56-20-7-4-13-31(64-45(76)38(36(68)24-51)66-40(71)29(52)11-2-5-17-48)41(72)59-26-37(69)61-33(14-8-19-50)46(77)67-22-10-16-35(67)44(75)65-34(23-28-25-57-27-60-28)43(74)63-32(12-3-6-18-49)42(73)62-30(39(53)70)15-9-21-58-47(54)55/h15,25,27,29,31-36,38,56,68H,2-14,16-24,26,48-52H2,1H3,(H2,53,70)(H,57,60)(H,59,72)(H,61,69)(H,62,73)(H,63,74)(H,64,76)(H,65,75)(H,66,71)(H4,54,55,58)/b30-15-/t29-,31-,32-,33+,34-,35-,36-,38-/m0/s1. The van der Waals surface area contributed by atoms with E-state index in [1.54, 1.807) is 7.05 Å². The average Bonchev–Trinajstić information content (AvgIpc) is 4.12. The fourth-order valence-electron chi connectivity index (χ4n) is 8.16. The summed E-state index contributed by atoms with van der Waals surface area (Å²) in [6.45, 7) is 0.641. The first-order valence-corrected chi connectivity index (χ1v) is 26.2. The van der Waals surface area contributed by atoms with Crippen molar-refractivity contribution in [3.05, 3.63) is 30.0 Å². The van der Waals surface area contributed by atoms with Crippen LogP contribution in [0.4, 0.5) is 0 Å². The highest BCUT2D eigenvalue weighted by Gasteiger charge is 2.40. The number of carbonyl (C=O) groups excluding carboxylic acids is 9. The van der Waals surface area contributed by atoms with Gasteiger partial charge in [-0.2, -0.15) is 0 Å². The molecular weight excluding hydrogens is 1000 g/mol. The van der Waals surface area contributed by atoms with Crippen LogP contribution in [0.3, 0.4) is 0 Å². The van der Waals surface area contributed by atoms with Crippen molar-refractivity contribution in [2.24, 2.45) is 40.1 Å². The Morgan fingerprint density at radius 2 is 1.39 bits per heavy atom. The van der Waals surface area contributed by atoms with Crippen LogP contribution in [0.25, 0.3) is 0 Å². The summed E-state index contributed by atoms with van der Waals surface area (Å²) in [7, 11) is 1.75. The predicted molar refractivity (Wildman–Crippen MR) is 285 cm³/mol. The fraction of sp³-hybridized carbons (Fsp3) is 0.681. The van der Waals surface area contributed by atoms with Crippen LogP contribution in [0.5, 0.6) is 0 Å². The minimum atomic E-state index is -1.57. The maximum Gasteiger partial charge on any atom is 0.264 e. The number of unbranched alkanes of at least 4 members (excludes halogenated alkanes) is 3. The zero-order valence-corrected chi connectivity index (χ0v) is 44.2. The molecule has 0 aliphatic carbocycles. The Morgan fingerprint density at radius 3 is 2.00 bits per heavy atom. The number of amides is 9.